The van der Waals surface area contributed by atoms with Crippen LogP contribution >= 0.6 is 7.75 Å². The van der Waals surface area contributed by atoms with Crippen molar-refractivity contribution in [1.29, 1.82) is 0 Å². The highest BCUT2D eigenvalue weighted by Crippen LogP contribution is 2.48. The van der Waals surface area contributed by atoms with Crippen molar-refractivity contribution in [2.75, 3.05) is 13.7 Å². The number of benzene rings is 1. The molecule has 0 aromatic heterocycles. The molecule has 0 fully saturated rings. The van der Waals surface area contributed by atoms with Gasteiger partial charge in [-0.1, -0.05) is 35.6 Å². The van der Waals surface area contributed by atoms with Gasteiger partial charge in [-0.3, -0.25) is 9.05 Å². The van der Waals surface area contributed by atoms with Crippen LogP contribution in [-0.2, 0) is 13.6 Å². The van der Waals surface area contributed by atoms with Crippen molar-refractivity contribution in [3.63, 3.8) is 0 Å². The molecule has 1 heterocycles. The first kappa shape index (κ1) is 11.3. The molecular weight excluding hydrogens is 229 g/mol. The van der Waals surface area contributed by atoms with Crippen LogP contribution in [0.15, 0.2) is 40.7 Å². The van der Waals surface area contributed by atoms with E-state index in [0.29, 0.717) is 6.54 Å². The number of hydrogen-bond donors (Lipinski definition) is 1. The standard InChI is InChI=1S/C9H12N3O3P/c1-14-16(13)12-11-10-7-9(15-16)8-5-3-2-4-6-8/h2-6,9H,7H2,1H3,(H,10,12,13). The van der Waals surface area contributed by atoms with Crippen LogP contribution < -0.4 is 5.20 Å². The Balaban J connectivity index is 2.23. The first-order chi connectivity index (χ1) is 7.73. The van der Waals surface area contributed by atoms with Gasteiger partial charge < -0.3 is 0 Å². The predicted octanol–water partition coefficient (Wildman–Crippen LogP) is 2.47. The first-order valence-electron chi connectivity index (χ1n) is 4.76. The molecule has 0 radical (unpaired) electrons. The van der Waals surface area contributed by atoms with E-state index in [1.165, 1.54) is 7.11 Å². The molecule has 1 aliphatic heterocycles. The minimum Gasteiger partial charge on any atom is -0.295 e. The smallest absolute Gasteiger partial charge is 0.295 e. The topological polar surface area (TPSA) is 72.3 Å². The van der Waals surface area contributed by atoms with Gasteiger partial charge in [0.15, 0.2) is 0 Å². The van der Waals surface area contributed by atoms with Gasteiger partial charge in [0.05, 0.1) is 6.54 Å². The molecular formula is C9H12N3O3P. The van der Waals surface area contributed by atoms with E-state index >= 15 is 0 Å². The summed E-state index contributed by atoms with van der Waals surface area (Å²) in [6, 6.07) is 9.42. The summed E-state index contributed by atoms with van der Waals surface area (Å²) >= 11 is 0. The number of nitrogens with one attached hydrogen (secondary N) is 1. The predicted molar refractivity (Wildman–Crippen MR) is 57.7 cm³/mol. The zero-order valence-electron chi connectivity index (χ0n) is 8.74. The van der Waals surface area contributed by atoms with Crippen LogP contribution in [0.1, 0.15) is 11.7 Å². The summed E-state index contributed by atoms with van der Waals surface area (Å²) in [5, 5.41) is 9.62. The molecule has 0 bridgehead atoms. The largest absolute Gasteiger partial charge is 0.450 e. The second-order valence-corrected chi connectivity index (χ2v) is 4.98. The molecule has 7 heteroatoms. The fourth-order valence-corrected chi connectivity index (χ4v) is 2.25. The van der Waals surface area contributed by atoms with E-state index in [0.717, 1.165) is 5.56 Å². The summed E-state index contributed by atoms with van der Waals surface area (Å²) in [5.41, 5.74) is 0.891. The molecule has 1 aromatic carbocycles. The molecule has 0 spiro atoms. The zero-order valence-corrected chi connectivity index (χ0v) is 9.63. The lowest BCUT2D eigenvalue weighted by Gasteiger charge is -2.18. The number of rotatable bonds is 2. The Morgan fingerprint density at radius 2 is 2.25 bits per heavy atom. The van der Waals surface area contributed by atoms with Gasteiger partial charge >= 0.3 is 7.75 Å². The molecule has 2 atom stereocenters. The van der Waals surface area contributed by atoms with Crippen molar-refractivity contribution < 1.29 is 13.6 Å². The Labute approximate surface area is 93.2 Å². The summed E-state index contributed by atoms with van der Waals surface area (Å²) in [6.45, 7) is 0.310. The lowest BCUT2D eigenvalue weighted by molar-refractivity contribution is 0.168. The minimum absolute atomic E-state index is 0.310. The van der Waals surface area contributed by atoms with E-state index in [4.69, 9.17) is 9.05 Å². The average molecular weight is 241 g/mol. The molecule has 0 aliphatic carbocycles. The molecule has 1 aromatic rings. The van der Waals surface area contributed by atoms with Crippen molar-refractivity contribution in [3.05, 3.63) is 35.9 Å². The average Bonchev–Trinajstić information content (AvgIpc) is 2.53. The third-order valence-corrected chi connectivity index (χ3v) is 3.51. The van der Waals surface area contributed by atoms with Crippen molar-refractivity contribution in [1.82, 2.24) is 5.20 Å². The fraction of sp³-hybridized carbons (Fsp3) is 0.333. The van der Waals surface area contributed by atoms with E-state index in [-0.39, 0.29) is 0 Å². The van der Waals surface area contributed by atoms with Crippen LogP contribution in [-0.4, -0.2) is 13.7 Å². The Hall–Kier alpha value is -1.23. The van der Waals surface area contributed by atoms with Crippen LogP contribution in [0.5, 0.6) is 0 Å². The highest BCUT2D eigenvalue weighted by Gasteiger charge is 2.30. The van der Waals surface area contributed by atoms with Crippen LogP contribution in [0.25, 0.3) is 0 Å². The molecule has 1 N–H and O–H groups in total. The maximum absolute atomic E-state index is 11.9. The van der Waals surface area contributed by atoms with Crippen molar-refractivity contribution >= 4 is 7.75 Å². The Morgan fingerprint density at radius 3 is 2.94 bits per heavy atom. The van der Waals surface area contributed by atoms with Gasteiger partial charge in [0, 0.05) is 7.11 Å². The van der Waals surface area contributed by atoms with Crippen molar-refractivity contribution in [2.45, 2.75) is 6.10 Å². The van der Waals surface area contributed by atoms with Gasteiger partial charge in [0.2, 0.25) is 0 Å². The normalized spacial score (nSPS) is 29.4. The van der Waals surface area contributed by atoms with E-state index in [1.807, 2.05) is 30.3 Å². The van der Waals surface area contributed by atoms with Gasteiger partial charge in [-0.15, -0.1) is 0 Å². The van der Waals surface area contributed by atoms with Crippen molar-refractivity contribution in [2.24, 2.45) is 10.3 Å². The quantitative estimate of drug-likeness (QED) is 0.807. The Kier molecular flexibility index (Phi) is 3.33. The van der Waals surface area contributed by atoms with Crippen LogP contribution in [0.4, 0.5) is 0 Å². The molecule has 0 saturated carbocycles. The zero-order chi connectivity index (χ0) is 11.4. The first-order valence-corrected chi connectivity index (χ1v) is 6.31. The second-order valence-electron chi connectivity index (χ2n) is 3.21. The number of hydrogen-bond acceptors (Lipinski definition) is 5. The summed E-state index contributed by atoms with van der Waals surface area (Å²) in [6.07, 6.45) is -0.411. The summed E-state index contributed by atoms with van der Waals surface area (Å²) in [5.74, 6) is 0. The SMILES string of the molecule is COP1(=O)NN=NCC(c2ccccc2)O1. The second kappa shape index (κ2) is 4.74. The Bertz CT molecular complexity index is 423. The van der Waals surface area contributed by atoms with Gasteiger partial charge in [0.1, 0.15) is 6.10 Å². The molecule has 2 unspecified atom stereocenters. The van der Waals surface area contributed by atoms with Gasteiger partial charge in [0.25, 0.3) is 0 Å². The van der Waals surface area contributed by atoms with E-state index in [1.54, 1.807) is 0 Å². The summed E-state index contributed by atoms with van der Waals surface area (Å²) < 4.78 is 22.0. The van der Waals surface area contributed by atoms with Gasteiger partial charge in [-0.25, -0.2) is 4.57 Å². The van der Waals surface area contributed by atoms with Crippen LogP contribution in [0, 0.1) is 0 Å². The highest BCUT2D eigenvalue weighted by atomic mass is 31.2. The molecule has 16 heavy (non-hydrogen) atoms. The molecule has 1 aliphatic rings. The maximum atomic E-state index is 11.9. The van der Waals surface area contributed by atoms with Gasteiger partial charge in [-0.05, 0) is 5.56 Å². The van der Waals surface area contributed by atoms with Crippen LogP contribution in [0.3, 0.4) is 0 Å². The minimum atomic E-state index is -3.37. The monoisotopic (exact) mass is 241 g/mol. The molecule has 0 amide bonds. The fourth-order valence-electron chi connectivity index (χ4n) is 1.34. The third-order valence-electron chi connectivity index (χ3n) is 2.16. The molecule has 2 rings (SSSR count). The third kappa shape index (κ3) is 2.47. The molecule has 0 saturated heterocycles. The summed E-state index contributed by atoms with van der Waals surface area (Å²) in [7, 11) is -2.07. The Morgan fingerprint density at radius 1 is 1.50 bits per heavy atom. The van der Waals surface area contributed by atoms with E-state index < -0.39 is 13.9 Å². The van der Waals surface area contributed by atoms with E-state index in [2.05, 4.69) is 15.5 Å². The molecule has 86 valence electrons. The molecule has 6 nitrogen and oxygen atoms in total. The van der Waals surface area contributed by atoms with Crippen LogP contribution in [0.2, 0.25) is 0 Å². The summed E-state index contributed by atoms with van der Waals surface area (Å²) in [4.78, 5) is 0. The maximum Gasteiger partial charge on any atom is 0.450 e. The lowest BCUT2D eigenvalue weighted by Crippen LogP contribution is -2.09. The number of nitrogens with zero attached hydrogens (tertiary/aromatic N) is 2. The van der Waals surface area contributed by atoms with Gasteiger partial charge in [-0.2, -0.15) is 10.3 Å². The lowest BCUT2D eigenvalue weighted by atomic mass is 10.1. The van der Waals surface area contributed by atoms with E-state index in [9.17, 15) is 4.57 Å². The van der Waals surface area contributed by atoms with Crippen molar-refractivity contribution in [3.8, 4) is 0 Å². The highest BCUT2D eigenvalue weighted by molar-refractivity contribution is 7.51.